The van der Waals surface area contributed by atoms with E-state index >= 15 is 0 Å². The molecule has 5 heteroatoms. The second-order valence-corrected chi connectivity index (χ2v) is 7.11. The van der Waals surface area contributed by atoms with Gasteiger partial charge < -0.3 is 14.4 Å². The number of nitrogens with zero attached hydrogens (tertiary/aromatic N) is 2. The third-order valence-electron chi connectivity index (χ3n) is 5.27. The predicted octanol–water partition coefficient (Wildman–Crippen LogP) is 1.72. The standard InChI is InChI=1S/C17H26N2O3/c1-13-10-19(12-17(13,2)21)16(20)14-5-7-18(8-6-14)11-15-4-3-9-22-15/h3-4,9,13-14,21H,5-8,10-12H2,1-2H3/t13-,17+/m1/s1. The van der Waals surface area contributed by atoms with Crippen LogP contribution in [0.4, 0.5) is 0 Å². The number of carbonyl (C=O) groups excluding carboxylic acids is 1. The van der Waals surface area contributed by atoms with Gasteiger partial charge in [-0.15, -0.1) is 0 Å². The lowest BCUT2D eigenvalue weighted by Gasteiger charge is -2.32. The van der Waals surface area contributed by atoms with Gasteiger partial charge in [-0.2, -0.15) is 0 Å². The number of aliphatic hydroxyl groups is 1. The number of piperidine rings is 1. The van der Waals surface area contributed by atoms with Gasteiger partial charge in [0.25, 0.3) is 0 Å². The number of rotatable bonds is 3. The van der Waals surface area contributed by atoms with Gasteiger partial charge >= 0.3 is 0 Å². The Labute approximate surface area is 131 Å². The van der Waals surface area contributed by atoms with Crippen LogP contribution >= 0.6 is 0 Å². The molecule has 1 aromatic heterocycles. The molecule has 1 N–H and O–H groups in total. The van der Waals surface area contributed by atoms with Crippen molar-refractivity contribution in [2.75, 3.05) is 26.2 Å². The van der Waals surface area contributed by atoms with Gasteiger partial charge in [0.05, 0.1) is 18.4 Å². The summed E-state index contributed by atoms with van der Waals surface area (Å²) < 4.78 is 5.38. The molecular formula is C17H26N2O3. The van der Waals surface area contributed by atoms with E-state index in [0.717, 1.165) is 38.2 Å². The monoisotopic (exact) mass is 306 g/mol. The lowest BCUT2D eigenvalue weighted by atomic mass is 9.95. The van der Waals surface area contributed by atoms with Crippen molar-refractivity contribution in [3.05, 3.63) is 24.2 Å². The number of carbonyl (C=O) groups is 1. The lowest BCUT2D eigenvalue weighted by Crippen LogP contribution is -2.42. The summed E-state index contributed by atoms with van der Waals surface area (Å²) in [5.74, 6) is 1.46. The zero-order chi connectivity index (χ0) is 15.7. The highest BCUT2D eigenvalue weighted by atomic mass is 16.3. The molecule has 0 radical (unpaired) electrons. The molecule has 122 valence electrons. The van der Waals surface area contributed by atoms with Crippen LogP contribution in [0.1, 0.15) is 32.4 Å². The molecule has 0 bridgehead atoms. The van der Waals surface area contributed by atoms with Gasteiger partial charge in [-0.1, -0.05) is 6.92 Å². The molecule has 2 aliphatic rings. The van der Waals surface area contributed by atoms with E-state index in [0.29, 0.717) is 13.1 Å². The van der Waals surface area contributed by atoms with Crippen LogP contribution in [0, 0.1) is 11.8 Å². The van der Waals surface area contributed by atoms with Crippen molar-refractivity contribution in [3.63, 3.8) is 0 Å². The molecule has 1 amide bonds. The van der Waals surface area contributed by atoms with Crippen LogP contribution in [0.15, 0.2) is 22.8 Å². The Balaban J connectivity index is 1.50. The number of hydrogen-bond acceptors (Lipinski definition) is 4. The minimum atomic E-state index is -0.740. The Kier molecular flexibility index (Phi) is 4.28. The van der Waals surface area contributed by atoms with Crippen molar-refractivity contribution in [3.8, 4) is 0 Å². The van der Waals surface area contributed by atoms with Crippen LogP contribution in [0.5, 0.6) is 0 Å². The molecule has 2 fully saturated rings. The normalized spacial score (nSPS) is 30.9. The number of hydrogen-bond donors (Lipinski definition) is 1. The fourth-order valence-electron chi connectivity index (χ4n) is 3.52. The maximum atomic E-state index is 12.6. The molecule has 3 rings (SSSR count). The van der Waals surface area contributed by atoms with Crippen LogP contribution in [-0.2, 0) is 11.3 Å². The maximum Gasteiger partial charge on any atom is 0.225 e. The Morgan fingerprint density at radius 2 is 2.18 bits per heavy atom. The molecule has 0 aliphatic carbocycles. The molecule has 2 atom stereocenters. The fourth-order valence-corrected chi connectivity index (χ4v) is 3.52. The summed E-state index contributed by atoms with van der Waals surface area (Å²) in [6.45, 7) is 7.67. The third-order valence-corrected chi connectivity index (χ3v) is 5.27. The zero-order valence-electron chi connectivity index (χ0n) is 13.5. The van der Waals surface area contributed by atoms with E-state index in [2.05, 4.69) is 4.90 Å². The lowest BCUT2D eigenvalue weighted by molar-refractivity contribution is -0.137. The average Bonchev–Trinajstić information content (AvgIpc) is 3.08. The van der Waals surface area contributed by atoms with E-state index in [9.17, 15) is 9.90 Å². The van der Waals surface area contributed by atoms with Crippen LogP contribution < -0.4 is 0 Å². The highest BCUT2D eigenvalue weighted by molar-refractivity contribution is 5.79. The number of β-amino-alcohol motifs (C(OH)–C–C–N with tert-alkyl or cyclic N) is 1. The van der Waals surface area contributed by atoms with Gasteiger partial charge in [0, 0.05) is 24.9 Å². The van der Waals surface area contributed by atoms with E-state index in [1.54, 1.807) is 6.26 Å². The van der Waals surface area contributed by atoms with Crippen molar-refractivity contribution < 1.29 is 14.3 Å². The van der Waals surface area contributed by atoms with Crippen LogP contribution in [-0.4, -0.2) is 52.6 Å². The van der Waals surface area contributed by atoms with Gasteiger partial charge in [0.1, 0.15) is 5.76 Å². The smallest absolute Gasteiger partial charge is 0.225 e. The number of amides is 1. The van der Waals surface area contributed by atoms with E-state index < -0.39 is 5.60 Å². The minimum Gasteiger partial charge on any atom is -0.468 e. The van der Waals surface area contributed by atoms with E-state index in [1.165, 1.54) is 0 Å². The molecule has 0 spiro atoms. The third kappa shape index (κ3) is 3.20. The first-order valence-corrected chi connectivity index (χ1v) is 8.21. The van der Waals surface area contributed by atoms with Crippen LogP contribution in [0.2, 0.25) is 0 Å². The minimum absolute atomic E-state index is 0.106. The van der Waals surface area contributed by atoms with E-state index in [4.69, 9.17) is 4.42 Å². The highest BCUT2D eigenvalue weighted by Gasteiger charge is 2.42. The molecule has 2 aliphatic heterocycles. The quantitative estimate of drug-likeness (QED) is 0.924. The van der Waals surface area contributed by atoms with Crippen molar-refractivity contribution in [2.45, 2.75) is 38.8 Å². The van der Waals surface area contributed by atoms with Crippen molar-refractivity contribution in [1.82, 2.24) is 9.80 Å². The fraction of sp³-hybridized carbons (Fsp3) is 0.706. The summed E-state index contributed by atoms with van der Waals surface area (Å²) in [6.07, 6.45) is 3.49. The molecule has 0 unspecified atom stereocenters. The van der Waals surface area contributed by atoms with Gasteiger partial charge in [0.2, 0.25) is 5.91 Å². The summed E-state index contributed by atoms with van der Waals surface area (Å²) in [6, 6.07) is 3.90. The van der Waals surface area contributed by atoms with E-state index in [-0.39, 0.29) is 17.7 Å². The molecule has 2 saturated heterocycles. The van der Waals surface area contributed by atoms with Gasteiger partial charge in [-0.05, 0) is 45.0 Å². The molecule has 1 aromatic rings. The summed E-state index contributed by atoms with van der Waals surface area (Å²) in [4.78, 5) is 16.8. The molecule has 0 saturated carbocycles. The first-order valence-electron chi connectivity index (χ1n) is 8.21. The summed E-state index contributed by atoms with van der Waals surface area (Å²) in [7, 11) is 0. The Morgan fingerprint density at radius 3 is 2.73 bits per heavy atom. The SMILES string of the molecule is C[C@@H]1CN(C(=O)C2CCN(Cc3ccco3)CC2)C[C@]1(C)O. The van der Waals surface area contributed by atoms with Gasteiger partial charge in [-0.3, -0.25) is 9.69 Å². The predicted molar refractivity (Wildman–Crippen MR) is 83.1 cm³/mol. The molecule has 22 heavy (non-hydrogen) atoms. The summed E-state index contributed by atoms with van der Waals surface area (Å²) in [5.41, 5.74) is -0.740. The Morgan fingerprint density at radius 1 is 1.45 bits per heavy atom. The Hall–Kier alpha value is -1.33. The van der Waals surface area contributed by atoms with Gasteiger partial charge in [0.15, 0.2) is 0 Å². The van der Waals surface area contributed by atoms with Crippen LogP contribution in [0.3, 0.4) is 0 Å². The molecule has 5 nitrogen and oxygen atoms in total. The number of likely N-dealkylation sites (tertiary alicyclic amines) is 2. The van der Waals surface area contributed by atoms with Crippen LogP contribution in [0.25, 0.3) is 0 Å². The first kappa shape index (κ1) is 15.6. The van der Waals surface area contributed by atoms with Crippen molar-refractivity contribution >= 4 is 5.91 Å². The van der Waals surface area contributed by atoms with Crippen molar-refractivity contribution in [2.24, 2.45) is 11.8 Å². The Bertz CT molecular complexity index is 504. The van der Waals surface area contributed by atoms with Crippen molar-refractivity contribution in [1.29, 1.82) is 0 Å². The second-order valence-electron chi connectivity index (χ2n) is 7.11. The molecule has 0 aromatic carbocycles. The molecular weight excluding hydrogens is 280 g/mol. The van der Waals surface area contributed by atoms with E-state index in [1.807, 2.05) is 30.9 Å². The van der Waals surface area contributed by atoms with Gasteiger partial charge in [-0.25, -0.2) is 0 Å². The summed E-state index contributed by atoms with van der Waals surface area (Å²) in [5, 5.41) is 10.3. The summed E-state index contributed by atoms with van der Waals surface area (Å²) >= 11 is 0. The molecule has 3 heterocycles. The topological polar surface area (TPSA) is 56.9 Å². The number of furan rings is 1. The highest BCUT2D eigenvalue weighted by Crippen LogP contribution is 2.30. The zero-order valence-corrected chi connectivity index (χ0v) is 13.5. The first-order chi connectivity index (χ1) is 10.5. The second kappa shape index (κ2) is 6.05. The average molecular weight is 306 g/mol. The maximum absolute atomic E-state index is 12.6. The largest absolute Gasteiger partial charge is 0.468 e.